The molecule has 9 heteroatoms. The van der Waals surface area contributed by atoms with Crippen LogP contribution >= 0.6 is 11.3 Å². The Labute approximate surface area is 113 Å². The number of aromatic nitrogens is 2. The maximum absolute atomic E-state index is 12.0. The van der Waals surface area contributed by atoms with Gasteiger partial charge < -0.3 is 10.1 Å². The summed E-state index contributed by atoms with van der Waals surface area (Å²) in [7, 11) is -3.71. The fourth-order valence-electron chi connectivity index (χ4n) is 1.42. The van der Waals surface area contributed by atoms with Crippen LogP contribution in [0.1, 0.15) is 20.9 Å². The van der Waals surface area contributed by atoms with Crippen molar-refractivity contribution in [1.29, 1.82) is 0 Å². The highest BCUT2D eigenvalue weighted by Gasteiger charge is 2.21. The van der Waals surface area contributed by atoms with E-state index in [-0.39, 0.29) is 15.6 Å². The minimum Gasteiger partial charge on any atom is -0.477 e. The van der Waals surface area contributed by atoms with Gasteiger partial charge in [0.1, 0.15) is 9.09 Å². The Kier molecular flexibility index (Phi) is 3.69. The van der Waals surface area contributed by atoms with Gasteiger partial charge in [-0.2, -0.15) is 0 Å². The van der Waals surface area contributed by atoms with E-state index < -0.39 is 16.0 Å². The Balaban J connectivity index is 2.20. The van der Waals surface area contributed by atoms with Crippen LogP contribution in [0.15, 0.2) is 22.8 Å². The zero-order valence-corrected chi connectivity index (χ0v) is 11.5. The monoisotopic (exact) mass is 301 g/mol. The molecule has 0 aliphatic carbocycles. The van der Waals surface area contributed by atoms with E-state index in [0.717, 1.165) is 11.3 Å². The Morgan fingerprint density at radius 2 is 2.32 bits per heavy atom. The van der Waals surface area contributed by atoms with Gasteiger partial charge >= 0.3 is 5.97 Å². The van der Waals surface area contributed by atoms with Gasteiger partial charge in [0.15, 0.2) is 0 Å². The molecule has 0 saturated carbocycles. The number of carbonyl (C=O) groups is 1. The third-order valence-electron chi connectivity index (χ3n) is 2.36. The number of nitrogens with one attached hydrogen (secondary N) is 2. The SMILES string of the molecule is Cc1cc(S(=O)(=O)NCc2cnc[nH]2)sc1C(=O)O. The molecule has 0 fully saturated rings. The quantitative estimate of drug-likeness (QED) is 0.761. The molecule has 19 heavy (non-hydrogen) atoms. The third kappa shape index (κ3) is 3.00. The Bertz CT molecular complexity index is 688. The van der Waals surface area contributed by atoms with Crippen LogP contribution in [0.3, 0.4) is 0 Å². The Morgan fingerprint density at radius 3 is 2.84 bits per heavy atom. The van der Waals surface area contributed by atoms with Crippen molar-refractivity contribution in [3.8, 4) is 0 Å². The zero-order chi connectivity index (χ0) is 14.0. The van der Waals surface area contributed by atoms with Crippen LogP contribution in [-0.2, 0) is 16.6 Å². The fraction of sp³-hybridized carbons (Fsp3) is 0.200. The highest BCUT2D eigenvalue weighted by molar-refractivity contribution is 7.91. The summed E-state index contributed by atoms with van der Waals surface area (Å²) < 4.78 is 26.3. The second-order valence-corrected chi connectivity index (χ2v) is 6.83. The molecule has 0 saturated heterocycles. The summed E-state index contributed by atoms with van der Waals surface area (Å²) in [6, 6.07) is 1.35. The standard InChI is InChI=1S/C10H11N3O4S2/c1-6-2-8(18-9(6)10(14)15)19(16,17)13-4-7-3-11-5-12-7/h2-3,5,13H,4H2,1H3,(H,11,12)(H,14,15). The molecule has 0 atom stereocenters. The molecule has 3 N–H and O–H groups in total. The number of carboxylic acids is 1. The average Bonchev–Trinajstić information content (AvgIpc) is 2.95. The van der Waals surface area contributed by atoms with E-state index in [4.69, 9.17) is 5.11 Å². The van der Waals surface area contributed by atoms with Gasteiger partial charge in [-0.05, 0) is 18.6 Å². The normalized spacial score (nSPS) is 11.6. The van der Waals surface area contributed by atoms with Crippen LogP contribution in [-0.4, -0.2) is 29.5 Å². The van der Waals surface area contributed by atoms with E-state index in [1.165, 1.54) is 18.6 Å². The van der Waals surface area contributed by atoms with Crippen LogP contribution in [0.4, 0.5) is 0 Å². The largest absolute Gasteiger partial charge is 0.477 e. The van der Waals surface area contributed by atoms with Crippen molar-refractivity contribution in [1.82, 2.24) is 14.7 Å². The van der Waals surface area contributed by atoms with Crippen molar-refractivity contribution in [2.45, 2.75) is 17.7 Å². The first-order valence-corrected chi connectivity index (χ1v) is 7.51. The molecule has 0 spiro atoms. The van der Waals surface area contributed by atoms with E-state index in [0.29, 0.717) is 11.3 Å². The summed E-state index contributed by atoms with van der Waals surface area (Å²) in [5.41, 5.74) is 1.05. The van der Waals surface area contributed by atoms with Gasteiger partial charge in [0, 0.05) is 11.9 Å². The smallest absolute Gasteiger partial charge is 0.346 e. The summed E-state index contributed by atoms with van der Waals surface area (Å²) >= 11 is 0.736. The molecule has 0 aromatic carbocycles. The van der Waals surface area contributed by atoms with E-state index in [1.54, 1.807) is 6.92 Å². The van der Waals surface area contributed by atoms with E-state index in [1.807, 2.05) is 0 Å². The Morgan fingerprint density at radius 1 is 1.58 bits per heavy atom. The number of sulfonamides is 1. The second-order valence-electron chi connectivity index (χ2n) is 3.78. The van der Waals surface area contributed by atoms with Gasteiger partial charge in [0.2, 0.25) is 10.0 Å². The number of aromatic carboxylic acids is 1. The van der Waals surface area contributed by atoms with Gasteiger partial charge in [-0.1, -0.05) is 0 Å². The molecule has 7 nitrogen and oxygen atoms in total. The lowest BCUT2D eigenvalue weighted by Gasteiger charge is -2.02. The summed E-state index contributed by atoms with van der Waals surface area (Å²) in [6.07, 6.45) is 2.95. The predicted molar refractivity (Wildman–Crippen MR) is 68.6 cm³/mol. The molecule has 102 valence electrons. The second kappa shape index (κ2) is 5.11. The number of aryl methyl sites for hydroxylation is 1. The molecule has 0 aliphatic rings. The van der Waals surface area contributed by atoms with Gasteiger partial charge in [-0.3, -0.25) is 0 Å². The summed E-state index contributed by atoms with van der Waals surface area (Å²) in [5.74, 6) is -1.13. The molecular formula is C10H11N3O4S2. The first kappa shape index (κ1) is 13.7. The number of hydrogen-bond acceptors (Lipinski definition) is 5. The predicted octanol–water partition coefficient (Wildman–Crippen LogP) is 0.956. The molecular weight excluding hydrogens is 290 g/mol. The number of imidazole rings is 1. The van der Waals surface area contributed by atoms with Gasteiger partial charge in [0.25, 0.3) is 0 Å². The number of nitrogens with zero attached hydrogens (tertiary/aromatic N) is 1. The lowest BCUT2D eigenvalue weighted by Crippen LogP contribution is -2.22. The molecule has 0 radical (unpaired) electrons. The number of carboxylic acid groups (broad SMARTS) is 1. The van der Waals surface area contributed by atoms with E-state index in [2.05, 4.69) is 14.7 Å². The van der Waals surface area contributed by atoms with Crippen LogP contribution in [0.2, 0.25) is 0 Å². The van der Waals surface area contributed by atoms with Crippen LogP contribution < -0.4 is 4.72 Å². The van der Waals surface area contributed by atoms with Crippen molar-refractivity contribution < 1.29 is 18.3 Å². The van der Waals surface area contributed by atoms with Crippen LogP contribution in [0.25, 0.3) is 0 Å². The lowest BCUT2D eigenvalue weighted by atomic mass is 10.3. The van der Waals surface area contributed by atoms with Crippen molar-refractivity contribution in [2.75, 3.05) is 0 Å². The number of thiophene rings is 1. The number of hydrogen-bond donors (Lipinski definition) is 3. The topological polar surface area (TPSA) is 112 Å². The molecule has 2 heterocycles. The van der Waals surface area contributed by atoms with Crippen LogP contribution in [0.5, 0.6) is 0 Å². The van der Waals surface area contributed by atoms with Gasteiger partial charge in [0.05, 0.1) is 12.9 Å². The maximum Gasteiger partial charge on any atom is 0.346 e. The van der Waals surface area contributed by atoms with Crippen molar-refractivity contribution >= 4 is 27.3 Å². The van der Waals surface area contributed by atoms with E-state index >= 15 is 0 Å². The van der Waals surface area contributed by atoms with Crippen molar-refractivity contribution in [2.24, 2.45) is 0 Å². The number of rotatable bonds is 5. The minimum absolute atomic E-state index is 0.0121. The average molecular weight is 301 g/mol. The molecule has 2 aromatic rings. The van der Waals surface area contributed by atoms with E-state index in [9.17, 15) is 13.2 Å². The molecule has 0 amide bonds. The fourth-order valence-corrected chi connectivity index (χ4v) is 3.85. The highest BCUT2D eigenvalue weighted by Crippen LogP contribution is 2.25. The summed E-state index contributed by atoms with van der Waals surface area (Å²) in [6.45, 7) is 1.63. The minimum atomic E-state index is -3.71. The lowest BCUT2D eigenvalue weighted by molar-refractivity contribution is 0.0701. The first-order valence-electron chi connectivity index (χ1n) is 5.21. The number of H-pyrrole nitrogens is 1. The maximum atomic E-state index is 12.0. The van der Waals surface area contributed by atoms with Gasteiger partial charge in [-0.25, -0.2) is 22.9 Å². The molecule has 0 aliphatic heterocycles. The van der Waals surface area contributed by atoms with Crippen LogP contribution in [0, 0.1) is 6.92 Å². The summed E-state index contributed by atoms with van der Waals surface area (Å²) in [5, 5.41) is 8.91. The first-order chi connectivity index (χ1) is 8.90. The molecule has 2 aromatic heterocycles. The van der Waals surface area contributed by atoms with Crippen molar-refractivity contribution in [3.05, 3.63) is 34.7 Å². The number of aromatic amines is 1. The highest BCUT2D eigenvalue weighted by atomic mass is 32.2. The molecule has 0 unspecified atom stereocenters. The van der Waals surface area contributed by atoms with Gasteiger partial charge in [-0.15, -0.1) is 11.3 Å². The Hall–Kier alpha value is -1.71. The summed E-state index contributed by atoms with van der Waals surface area (Å²) in [4.78, 5) is 17.5. The molecule has 0 bridgehead atoms. The molecule has 2 rings (SSSR count). The van der Waals surface area contributed by atoms with Crippen molar-refractivity contribution in [3.63, 3.8) is 0 Å². The third-order valence-corrected chi connectivity index (χ3v) is 5.46. The zero-order valence-electron chi connectivity index (χ0n) is 9.87.